The maximum Gasteiger partial charge on any atom is 0.0635 e. The Morgan fingerprint density at radius 2 is 0.853 bits per heavy atom. The summed E-state index contributed by atoms with van der Waals surface area (Å²) in [4.78, 5) is 2.60. The van der Waals surface area contributed by atoms with Gasteiger partial charge in [-0.05, 0) is 98.1 Å². The van der Waals surface area contributed by atoms with Gasteiger partial charge in [0, 0.05) is 39.3 Å². The second-order valence-electron chi connectivity index (χ2n) is 17.6. The predicted molar refractivity (Wildman–Crippen MR) is 288 cm³/mol. The van der Waals surface area contributed by atoms with Crippen LogP contribution in [0.5, 0.6) is 0 Å². The smallest absolute Gasteiger partial charge is 0.0635 e. The fourth-order valence-electron chi connectivity index (χ4n) is 10.6. The minimum atomic E-state index is -0.108. The van der Waals surface area contributed by atoms with Crippen LogP contribution in [0.4, 0.5) is 11.4 Å². The van der Waals surface area contributed by atoms with Crippen molar-refractivity contribution >= 4 is 38.8 Å². The van der Waals surface area contributed by atoms with Gasteiger partial charge in [-0.25, -0.2) is 0 Å². The van der Waals surface area contributed by atoms with Gasteiger partial charge < -0.3 is 9.47 Å². The van der Waals surface area contributed by atoms with Crippen LogP contribution >= 0.6 is 0 Å². The van der Waals surface area contributed by atoms with Crippen LogP contribution in [0.2, 0.25) is 0 Å². The largest absolute Gasteiger partial charge is 0.333 e. The molecule has 0 saturated carbocycles. The zero-order chi connectivity index (χ0) is 45.2. The molecule has 0 bridgehead atoms. The maximum atomic E-state index is 2.60. The molecule has 0 aliphatic heterocycles. The Bertz CT molecular complexity index is 3590. The summed E-state index contributed by atoms with van der Waals surface area (Å²) < 4.78 is 2.40. The van der Waals surface area contributed by atoms with Crippen molar-refractivity contribution in [2.24, 2.45) is 0 Å². The highest BCUT2D eigenvalue weighted by Crippen LogP contribution is 2.49. The van der Waals surface area contributed by atoms with Crippen LogP contribution in [0.1, 0.15) is 17.0 Å². The number of hydrogen-bond acceptors (Lipinski definition) is 1. The van der Waals surface area contributed by atoms with Gasteiger partial charge in [-0.1, -0.05) is 237 Å². The summed E-state index contributed by atoms with van der Waals surface area (Å²) in [6, 6.07) is 95.0. The third-order valence-corrected chi connectivity index (χ3v) is 13.7. The summed E-state index contributed by atoms with van der Waals surface area (Å²) >= 11 is 0. The van der Waals surface area contributed by atoms with E-state index in [1.807, 2.05) is 0 Å². The maximum absolute atomic E-state index is 2.60. The highest BCUT2D eigenvalue weighted by molar-refractivity contribution is 6.15. The van der Waals surface area contributed by atoms with Crippen LogP contribution in [0, 0.1) is 0 Å². The molecule has 1 aromatic heterocycles. The van der Waals surface area contributed by atoms with Crippen molar-refractivity contribution in [2.75, 3.05) is 4.90 Å². The van der Waals surface area contributed by atoms with Crippen LogP contribution in [-0.4, -0.2) is 10.6 Å². The van der Waals surface area contributed by atoms with E-state index in [9.17, 15) is 0 Å². The summed E-state index contributed by atoms with van der Waals surface area (Å²) in [5.74, 6) is -0.0372. The molecule has 0 fully saturated rings. The van der Waals surface area contributed by atoms with Crippen molar-refractivity contribution in [1.29, 1.82) is 0 Å². The molecule has 12 rings (SSSR count). The number of benzene rings is 10. The molecule has 0 spiro atoms. The van der Waals surface area contributed by atoms with Gasteiger partial charge in [0.15, 0.2) is 0 Å². The minimum Gasteiger partial charge on any atom is -0.333 e. The zero-order valence-electron chi connectivity index (χ0n) is 37.6. The normalized spacial score (nSPS) is 14.5. The first-order valence-corrected chi connectivity index (χ1v) is 23.6. The van der Waals surface area contributed by atoms with Crippen LogP contribution in [0.3, 0.4) is 0 Å². The fourth-order valence-corrected chi connectivity index (χ4v) is 10.6. The summed E-state index contributed by atoms with van der Waals surface area (Å²) in [6.45, 7) is 0. The molecule has 11 aromatic rings. The first kappa shape index (κ1) is 40.8. The Balaban J connectivity index is 1.05. The molecule has 0 amide bonds. The number of para-hydroxylation sites is 3. The van der Waals surface area contributed by atoms with Gasteiger partial charge in [0.05, 0.1) is 17.1 Å². The Morgan fingerprint density at radius 3 is 1.59 bits per heavy atom. The molecule has 2 heteroatoms. The van der Waals surface area contributed by atoms with Crippen LogP contribution in [0.15, 0.2) is 279 Å². The lowest BCUT2D eigenvalue weighted by molar-refractivity contribution is 0.705. The van der Waals surface area contributed by atoms with Crippen molar-refractivity contribution in [2.45, 2.75) is 12.0 Å². The van der Waals surface area contributed by atoms with Crippen molar-refractivity contribution in [3.63, 3.8) is 0 Å². The third kappa shape index (κ3) is 7.43. The molecule has 322 valence electrons. The highest BCUT2D eigenvalue weighted by Gasteiger charge is 2.36. The van der Waals surface area contributed by atoms with Gasteiger partial charge in [-0.3, -0.25) is 0 Å². The average molecular weight is 869 g/mol. The van der Waals surface area contributed by atoms with Crippen LogP contribution in [0.25, 0.3) is 77.6 Å². The van der Waals surface area contributed by atoms with Crippen LogP contribution in [-0.2, 0) is 0 Å². The average Bonchev–Trinajstić information content (AvgIpc) is 3.77. The van der Waals surface area contributed by atoms with Gasteiger partial charge in [0.2, 0.25) is 0 Å². The lowest BCUT2D eigenvalue weighted by Crippen LogP contribution is -2.37. The molecule has 0 N–H and O–H groups in total. The molecule has 2 unspecified atom stereocenters. The Morgan fingerprint density at radius 1 is 0.353 bits per heavy atom. The molecule has 10 aromatic carbocycles. The monoisotopic (exact) mass is 868 g/mol. The lowest BCUT2D eigenvalue weighted by Gasteiger charge is -2.41. The summed E-state index contributed by atoms with van der Waals surface area (Å²) in [7, 11) is 0. The number of fused-ring (bicyclic) bond motifs is 3. The van der Waals surface area contributed by atoms with E-state index < -0.39 is 0 Å². The molecule has 68 heavy (non-hydrogen) atoms. The molecule has 0 radical (unpaired) electrons. The van der Waals surface area contributed by atoms with Crippen LogP contribution < -0.4 is 4.90 Å². The second-order valence-corrected chi connectivity index (χ2v) is 17.6. The number of anilines is 2. The molecule has 1 heterocycles. The quantitative estimate of drug-likeness (QED) is 0.133. The molecule has 1 aliphatic carbocycles. The highest BCUT2D eigenvalue weighted by atomic mass is 15.2. The Kier molecular flexibility index (Phi) is 10.7. The van der Waals surface area contributed by atoms with E-state index in [0.29, 0.717) is 0 Å². The first-order chi connectivity index (χ1) is 33.8. The zero-order valence-corrected chi connectivity index (χ0v) is 37.6. The van der Waals surface area contributed by atoms with Gasteiger partial charge >= 0.3 is 0 Å². The number of rotatable bonds is 10. The van der Waals surface area contributed by atoms with E-state index >= 15 is 0 Å². The lowest BCUT2D eigenvalue weighted by atomic mass is 9.75. The van der Waals surface area contributed by atoms with E-state index in [2.05, 4.69) is 289 Å². The second kappa shape index (κ2) is 17.9. The number of aromatic nitrogens is 1. The SMILES string of the molecule is C1=CC(N(c2ccc(-c3cccc4c3c3ccccc3n4-c3ccccc3)cc2)c2ccccc2-c2ccc(-c3ccccc3)cc2)C(c2ccccc2-c2ccccc2)C(c2ccccc2)=C1. The fraction of sp³-hybridized carbons (Fsp3) is 0.0303. The summed E-state index contributed by atoms with van der Waals surface area (Å²) in [6.07, 6.45) is 7.03. The van der Waals surface area contributed by atoms with E-state index in [1.165, 1.54) is 83.0 Å². The summed E-state index contributed by atoms with van der Waals surface area (Å²) in [5.41, 5.74) is 19.2. The first-order valence-electron chi connectivity index (χ1n) is 23.6. The molecule has 1 aliphatic rings. The molecule has 0 saturated heterocycles. The molecular weight excluding hydrogens is 821 g/mol. The molecule has 2 nitrogen and oxygen atoms in total. The molecular formula is C66H48N2. The predicted octanol–water partition coefficient (Wildman–Crippen LogP) is 17.4. The van der Waals surface area contributed by atoms with E-state index in [-0.39, 0.29) is 12.0 Å². The number of allylic oxidation sites excluding steroid dienone is 2. The van der Waals surface area contributed by atoms with Crippen molar-refractivity contribution < 1.29 is 0 Å². The van der Waals surface area contributed by atoms with E-state index in [4.69, 9.17) is 0 Å². The van der Waals surface area contributed by atoms with Gasteiger partial charge in [-0.15, -0.1) is 0 Å². The van der Waals surface area contributed by atoms with Gasteiger partial charge in [-0.2, -0.15) is 0 Å². The topological polar surface area (TPSA) is 8.17 Å². The Hall–Kier alpha value is -8.72. The Labute approximate surface area is 398 Å². The third-order valence-electron chi connectivity index (χ3n) is 13.7. The standard InChI is InChI=1S/C66H48N2/c1-5-21-47(22-6-1)48-39-41-51(42-40-48)56-30-15-17-35-61(56)68(63-37-19-33-57(50-25-9-3-10-26-50)65(63)59-31-14-13-29-55(59)49-23-7-2-8-24-49)54-45-43-52(44-46-54)58-34-20-38-64-66(58)60-32-16-18-36-62(60)67(64)53-27-11-4-12-28-53/h1-46,63,65H. The number of hydrogen-bond donors (Lipinski definition) is 0. The van der Waals surface area contributed by atoms with E-state index in [1.54, 1.807) is 0 Å². The van der Waals surface area contributed by atoms with Gasteiger partial charge in [0.1, 0.15) is 0 Å². The van der Waals surface area contributed by atoms with E-state index in [0.717, 1.165) is 17.1 Å². The minimum absolute atomic E-state index is 0.0372. The van der Waals surface area contributed by atoms with Crippen molar-refractivity contribution in [3.05, 3.63) is 290 Å². The number of nitrogens with zero attached hydrogens (tertiary/aromatic N) is 2. The molecule has 2 atom stereocenters. The van der Waals surface area contributed by atoms with Crippen molar-refractivity contribution in [1.82, 2.24) is 4.57 Å². The van der Waals surface area contributed by atoms with Gasteiger partial charge in [0.25, 0.3) is 0 Å². The summed E-state index contributed by atoms with van der Waals surface area (Å²) in [5, 5.41) is 2.50. The van der Waals surface area contributed by atoms with Crippen molar-refractivity contribution in [3.8, 4) is 50.2 Å².